The van der Waals surface area contributed by atoms with E-state index in [-0.39, 0.29) is 3.61 Å². The third-order valence-electron chi connectivity index (χ3n) is 2.64. The fourth-order valence-electron chi connectivity index (χ4n) is 1.84. The SMILES string of the molecule is Cc1cc(CCCOC2(I)C=C(Cl)C=C(I)C2)on1. The first-order valence-corrected chi connectivity index (χ1v) is 8.50. The van der Waals surface area contributed by atoms with E-state index in [0.717, 1.165) is 35.7 Å². The van der Waals surface area contributed by atoms with Gasteiger partial charge in [-0.25, -0.2) is 0 Å². The zero-order valence-corrected chi connectivity index (χ0v) is 15.5. The molecule has 0 spiro atoms. The fraction of sp³-hybridized carbons (Fsp3) is 0.462. The minimum atomic E-state index is -0.322. The summed E-state index contributed by atoms with van der Waals surface area (Å²) in [6.45, 7) is 2.60. The van der Waals surface area contributed by atoms with Crippen LogP contribution >= 0.6 is 56.8 Å². The molecule has 1 aliphatic carbocycles. The summed E-state index contributed by atoms with van der Waals surface area (Å²) in [5, 5.41) is 4.61. The molecule has 6 heteroatoms. The maximum atomic E-state index is 6.08. The van der Waals surface area contributed by atoms with Gasteiger partial charge < -0.3 is 9.26 Å². The monoisotopic (exact) mass is 505 g/mol. The van der Waals surface area contributed by atoms with Crippen LogP contribution in [-0.2, 0) is 11.2 Å². The van der Waals surface area contributed by atoms with Crippen molar-refractivity contribution < 1.29 is 9.26 Å². The van der Waals surface area contributed by atoms with Gasteiger partial charge in [-0.1, -0.05) is 16.8 Å². The van der Waals surface area contributed by atoms with Gasteiger partial charge in [-0.15, -0.1) is 0 Å². The Bertz CT molecular complexity index is 512. The van der Waals surface area contributed by atoms with Gasteiger partial charge in [-0.3, -0.25) is 0 Å². The van der Waals surface area contributed by atoms with E-state index in [1.54, 1.807) is 0 Å². The number of nitrogens with zero attached hydrogens (tertiary/aromatic N) is 1. The van der Waals surface area contributed by atoms with Crippen molar-refractivity contribution in [3.63, 3.8) is 0 Å². The summed E-state index contributed by atoms with van der Waals surface area (Å²) in [4.78, 5) is 0. The van der Waals surface area contributed by atoms with Crippen molar-refractivity contribution in [2.24, 2.45) is 0 Å². The van der Waals surface area contributed by atoms with E-state index in [9.17, 15) is 0 Å². The number of aromatic nitrogens is 1. The molecule has 1 unspecified atom stereocenters. The van der Waals surface area contributed by atoms with Crippen LogP contribution in [0.3, 0.4) is 0 Å². The molecule has 0 fully saturated rings. The van der Waals surface area contributed by atoms with Gasteiger partial charge in [-0.05, 0) is 74.3 Å². The van der Waals surface area contributed by atoms with E-state index in [4.69, 9.17) is 20.9 Å². The molecule has 1 heterocycles. The number of halogens is 3. The third kappa shape index (κ3) is 5.02. The van der Waals surface area contributed by atoms with E-state index in [2.05, 4.69) is 50.3 Å². The van der Waals surface area contributed by atoms with Crippen molar-refractivity contribution in [3.8, 4) is 0 Å². The molecular formula is C13H14ClI2NO2. The molecule has 0 saturated carbocycles. The number of rotatable bonds is 5. The molecule has 104 valence electrons. The Morgan fingerprint density at radius 3 is 3.00 bits per heavy atom. The molecule has 0 bridgehead atoms. The highest BCUT2D eigenvalue weighted by Crippen LogP contribution is 2.39. The van der Waals surface area contributed by atoms with E-state index >= 15 is 0 Å². The molecule has 0 N–H and O–H groups in total. The second-order valence-electron chi connectivity index (χ2n) is 4.47. The fourth-order valence-corrected chi connectivity index (χ4v) is 5.12. The summed E-state index contributed by atoms with van der Waals surface area (Å²) in [5.41, 5.74) is 0.919. The van der Waals surface area contributed by atoms with Crippen molar-refractivity contribution in [1.29, 1.82) is 0 Å². The summed E-state index contributed by atoms with van der Waals surface area (Å²) < 4.78 is 12.0. The number of allylic oxidation sites excluding steroid dienone is 2. The maximum absolute atomic E-state index is 6.08. The standard InChI is InChI=1S/C13H14ClI2NO2/c1-9-5-12(19-17-9)3-2-4-18-13(16)7-10(14)6-11(15)8-13/h5-7H,2-4,8H2,1H3. The lowest BCUT2D eigenvalue weighted by Crippen LogP contribution is -2.25. The highest BCUT2D eigenvalue weighted by molar-refractivity contribution is 14.1. The molecule has 0 aliphatic heterocycles. The van der Waals surface area contributed by atoms with Crippen LogP contribution in [0.15, 0.2) is 31.4 Å². The van der Waals surface area contributed by atoms with Crippen LogP contribution < -0.4 is 0 Å². The van der Waals surface area contributed by atoms with Gasteiger partial charge in [-0.2, -0.15) is 0 Å². The molecule has 1 aliphatic rings. The normalized spacial score (nSPS) is 23.2. The van der Waals surface area contributed by atoms with Gasteiger partial charge in [0.15, 0.2) is 0 Å². The second-order valence-corrected chi connectivity index (χ2v) is 8.12. The first-order valence-electron chi connectivity index (χ1n) is 5.96. The topological polar surface area (TPSA) is 35.3 Å². The Morgan fingerprint density at radius 2 is 2.37 bits per heavy atom. The Labute approximate surface area is 145 Å². The quantitative estimate of drug-likeness (QED) is 0.324. The predicted octanol–water partition coefficient (Wildman–Crippen LogP) is 4.91. The van der Waals surface area contributed by atoms with Crippen LogP contribution in [0.5, 0.6) is 0 Å². The average molecular weight is 506 g/mol. The molecule has 0 radical (unpaired) electrons. The maximum Gasteiger partial charge on any atom is 0.143 e. The van der Waals surface area contributed by atoms with Gasteiger partial charge in [0.05, 0.1) is 5.69 Å². The van der Waals surface area contributed by atoms with Crippen molar-refractivity contribution in [3.05, 3.63) is 38.3 Å². The summed E-state index contributed by atoms with van der Waals surface area (Å²) in [6, 6.07) is 1.96. The van der Waals surface area contributed by atoms with Crippen molar-refractivity contribution in [2.75, 3.05) is 6.61 Å². The second kappa shape index (κ2) is 6.91. The zero-order chi connectivity index (χ0) is 13.9. The Balaban J connectivity index is 1.78. The van der Waals surface area contributed by atoms with Gasteiger partial charge in [0.25, 0.3) is 0 Å². The van der Waals surface area contributed by atoms with Gasteiger partial charge >= 0.3 is 0 Å². The van der Waals surface area contributed by atoms with Gasteiger partial charge in [0.1, 0.15) is 9.37 Å². The number of hydrogen-bond donors (Lipinski definition) is 0. The number of ether oxygens (including phenoxy) is 1. The van der Waals surface area contributed by atoms with E-state index in [0.29, 0.717) is 6.61 Å². The van der Waals surface area contributed by atoms with Crippen LogP contribution in [0.4, 0.5) is 0 Å². The van der Waals surface area contributed by atoms with Gasteiger partial charge in [0.2, 0.25) is 0 Å². The molecule has 1 aromatic rings. The smallest absolute Gasteiger partial charge is 0.143 e. The average Bonchev–Trinajstić information content (AvgIpc) is 2.69. The Hall–Kier alpha value is 0.400. The molecule has 3 nitrogen and oxygen atoms in total. The summed E-state index contributed by atoms with van der Waals surface area (Å²) >= 11 is 10.7. The molecule has 0 saturated heterocycles. The Kier molecular flexibility index (Phi) is 5.74. The van der Waals surface area contributed by atoms with E-state index < -0.39 is 0 Å². The highest BCUT2D eigenvalue weighted by Gasteiger charge is 2.28. The summed E-state index contributed by atoms with van der Waals surface area (Å²) in [5.74, 6) is 0.912. The molecule has 2 rings (SSSR count). The first kappa shape index (κ1) is 15.8. The van der Waals surface area contributed by atoms with Crippen molar-refractivity contribution in [1.82, 2.24) is 5.16 Å². The van der Waals surface area contributed by atoms with E-state index in [1.807, 2.05) is 25.1 Å². The van der Waals surface area contributed by atoms with Crippen LogP contribution in [0.1, 0.15) is 24.3 Å². The minimum Gasteiger partial charge on any atom is -0.361 e. The number of hydrogen-bond acceptors (Lipinski definition) is 3. The lowest BCUT2D eigenvalue weighted by atomic mass is 10.1. The lowest BCUT2D eigenvalue weighted by molar-refractivity contribution is 0.0708. The van der Waals surface area contributed by atoms with Gasteiger partial charge in [0, 0.05) is 30.5 Å². The minimum absolute atomic E-state index is 0.322. The molecule has 1 atom stereocenters. The lowest BCUT2D eigenvalue weighted by Gasteiger charge is -2.27. The van der Waals surface area contributed by atoms with Crippen molar-refractivity contribution in [2.45, 2.75) is 29.8 Å². The van der Waals surface area contributed by atoms with Crippen LogP contribution in [-0.4, -0.2) is 15.4 Å². The van der Waals surface area contributed by atoms with Crippen LogP contribution in [0, 0.1) is 6.92 Å². The van der Waals surface area contributed by atoms with Crippen molar-refractivity contribution >= 4 is 56.8 Å². The zero-order valence-electron chi connectivity index (χ0n) is 10.5. The van der Waals surface area contributed by atoms with Crippen LogP contribution in [0.25, 0.3) is 0 Å². The third-order valence-corrected chi connectivity index (χ3v) is 4.56. The van der Waals surface area contributed by atoms with Crippen LogP contribution in [0.2, 0.25) is 0 Å². The molecule has 0 amide bonds. The van der Waals surface area contributed by atoms with E-state index in [1.165, 1.54) is 3.58 Å². The summed E-state index contributed by atoms with van der Waals surface area (Å²) in [7, 11) is 0. The highest BCUT2D eigenvalue weighted by atomic mass is 127. The predicted molar refractivity (Wildman–Crippen MR) is 92.9 cm³/mol. The molecular weight excluding hydrogens is 491 g/mol. The summed E-state index contributed by atoms with van der Waals surface area (Å²) in [6.07, 6.45) is 6.56. The molecule has 19 heavy (non-hydrogen) atoms. The number of alkyl halides is 1. The largest absolute Gasteiger partial charge is 0.361 e. The molecule has 1 aromatic heterocycles. The number of aryl methyl sites for hydroxylation is 2. The first-order chi connectivity index (χ1) is 8.97. The molecule has 0 aromatic carbocycles. The Morgan fingerprint density at radius 1 is 1.58 bits per heavy atom.